The van der Waals surface area contributed by atoms with Gasteiger partial charge >= 0.3 is 0 Å². The molecule has 0 aromatic carbocycles. The van der Waals surface area contributed by atoms with Crippen molar-refractivity contribution < 1.29 is 4.79 Å². The third-order valence-electron chi connectivity index (χ3n) is 2.02. The zero-order valence-electron chi connectivity index (χ0n) is 6.63. The fourth-order valence-corrected chi connectivity index (χ4v) is 1.70. The van der Waals surface area contributed by atoms with Gasteiger partial charge in [-0.3, -0.25) is 0 Å². The molecule has 2 unspecified atom stereocenters. The second-order valence-corrected chi connectivity index (χ2v) is 3.33. The van der Waals surface area contributed by atoms with Crippen molar-refractivity contribution in [3.63, 3.8) is 0 Å². The fraction of sp³-hybridized carbons (Fsp3) is 0.667. The van der Waals surface area contributed by atoms with E-state index in [1.165, 1.54) is 5.57 Å². The largest absolute Gasteiger partial charge is 0.303 e. The lowest BCUT2D eigenvalue weighted by Gasteiger charge is -2.20. The van der Waals surface area contributed by atoms with Crippen LogP contribution in [0.1, 0.15) is 26.7 Å². The molecule has 0 bridgehead atoms. The molecule has 1 rings (SSSR count). The number of rotatable bonds is 1. The number of aldehydes is 1. The van der Waals surface area contributed by atoms with Crippen LogP contribution in [0.3, 0.4) is 0 Å². The minimum atomic E-state index is 0.292. The molecule has 0 saturated carbocycles. The van der Waals surface area contributed by atoms with Gasteiger partial charge in [-0.2, -0.15) is 0 Å². The first-order chi connectivity index (χ1) is 4.72. The van der Waals surface area contributed by atoms with Gasteiger partial charge in [0.05, 0.1) is 0 Å². The Balaban J connectivity index is 2.60. The summed E-state index contributed by atoms with van der Waals surface area (Å²) in [4.78, 5) is 10.4. The summed E-state index contributed by atoms with van der Waals surface area (Å²) in [6.07, 6.45) is 5.38. The van der Waals surface area contributed by atoms with Crippen molar-refractivity contribution in [2.45, 2.75) is 26.7 Å². The summed E-state index contributed by atoms with van der Waals surface area (Å²) in [5.41, 5.74) is 1.37. The molecule has 0 saturated heterocycles. The molecule has 1 heteroatoms. The van der Waals surface area contributed by atoms with Crippen molar-refractivity contribution >= 4 is 6.29 Å². The van der Waals surface area contributed by atoms with E-state index < -0.39 is 0 Å². The van der Waals surface area contributed by atoms with Crippen molar-refractivity contribution in [3.05, 3.63) is 11.6 Å². The van der Waals surface area contributed by atoms with Gasteiger partial charge < -0.3 is 4.79 Å². The topological polar surface area (TPSA) is 17.1 Å². The zero-order valence-corrected chi connectivity index (χ0v) is 6.63. The maximum absolute atomic E-state index is 10.4. The summed E-state index contributed by atoms with van der Waals surface area (Å²) in [5.74, 6) is 0.893. The van der Waals surface area contributed by atoms with Gasteiger partial charge in [-0.05, 0) is 25.7 Å². The summed E-state index contributed by atoms with van der Waals surface area (Å²) in [6, 6.07) is 0. The lowest BCUT2D eigenvalue weighted by Crippen LogP contribution is -2.12. The molecule has 2 atom stereocenters. The first-order valence-electron chi connectivity index (χ1n) is 3.85. The average Bonchev–Trinajstić information content (AvgIpc) is 1.85. The van der Waals surface area contributed by atoms with Crippen LogP contribution in [0.2, 0.25) is 0 Å². The quantitative estimate of drug-likeness (QED) is 0.401. The van der Waals surface area contributed by atoms with Crippen LogP contribution in [0.25, 0.3) is 0 Å². The zero-order chi connectivity index (χ0) is 7.56. The predicted octanol–water partition coefficient (Wildman–Crippen LogP) is 2.18. The number of allylic oxidation sites excluding steroid dienone is 2. The van der Waals surface area contributed by atoms with Crippen molar-refractivity contribution in [3.8, 4) is 0 Å². The molecule has 0 fully saturated rings. The lowest BCUT2D eigenvalue weighted by atomic mass is 9.85. The second-order valence-electron chi connectivity index (χ2n) is 3.33. The number of carbonyl (C=O) groups is 1. The van der Waals surface area contributed by atoms with Gasteiger partial charge in [-0.25, -0.2) is 0 Å². The Morgan fingerprint density at radius 2 is 2.40 bits per heavy atom. The molecule has 0 spiro atoms. The Morgan fingerprint density at radius 1 is 1.70 bits per heavy atom. The standard InChI is InChI=1S/C9H14O/c1-7-3-8(2)5-9(4-7)6-10/h3,6-7,9H,4-5H2,1-2H3. The van der Waals surface area contributed by atoms with Crippen LogP contribution in [-0.2, 0) is 4.79 Å². The van der Waals surface area contributed by atoms with Gasteiger partial charge in [0.15, 0.2) is 0 Å². The summed E-state index contributed by atoms with van der Waals surface area (Å²) < 4.78 is 0. The van der Waals surface area contributed by atoms with E-state index in [4.69, 9.17) is 0 Å². The van der Waals surface area contributed by atoms with Crippen molar-refractivity contribution in [1.29, 1.82) is 0 Å². The highest BCUT2D eigenvalue weighted by molar-refractivity contribution is 5.54. The Labute approximate surface area is 62.1 Å². The fourth-order valence-electron chi connectivity index (χ4n) is 1.70. The summed E-state index contributed by atoms with van der Waals surface area (Å²) in [6.45, 7) is 4.27. The minimum absolute atomic E-state index is 0.292. The first-order valence-corrected chi connectivity index (χ1v) is 3.85. The Morgan fingerprint density at radius 3 is 2.90 bits per heavy atom. The van der Waals surface area contributed by atoms with Crippen molar-refractivity contribution in [2.24, 2.45) is 11.8 Å². The van der Waals surface area contributed by atoms with Gasteiger partial charge in [0.25, 0.3) is 0 Å². The van der Waals surface area contributed by atoms with Gasteiger partial charge in [0.2, 0.25) is 0 Å². The third-order valence-corrected chi connectivity index (χ3v) is 2.02. The Kier molecular flexibility index (Phi) is 2.25. The van der Waals surface area contributed by atoms with Crippen LogP contribution in [0.15, 0.2) is 11.6 Å². The Hall–Kier alpha value is -0.590. The van der Waals surface area contributed by atoms with Crippen LogP contribution in [0.4, 0.5) is 0 Å². The highest BCUT2D eigenvalue weighted by Crippen LogP contribution is 2.25. The second kappa shape index (κ2) is 3.00. The minimum Gasteiger partial charge on any atom is -0.303 e. The highest BCUT2D eigenvalue weighted by atomic mass is 16.1. The molecular weight excluding hydrogens is 124 g/mol. The van der Waals surface area contributed by atoms with Crippen molar-refractivity contribution in [2.75, 3.05) is 0 Å². The lowest BCUT2D eigenvalue weighted by molar-refractivity contribution is -0.111. The molecular formula is C9H14O. The number of hydrogen-bond donors (Lipinski definition) is 0. The van der Waals surface area contributed by atoms with E-state index in [9.17, 15) is 4.79 Å². The van der Waals surface area contributed by atoms with Gasteiger partial charge in [-0.1, -0.05) is 18.6 Å². The molecule has 0 aliphatic heterocycles. The average molecular weight is 138 g/mol. The summed E-state index contributed by atoms with van der Waals surface area (Å²) in [7, 11) is 0. The van der Waals surface area contributed by atoms with E-state index in [0.717, 1.165) is 19.1 Å². The van der Waals surface area contributed by atoms with Gasteiger partial charge in [0.1, 0.15) is 6.29 Å². The number of carbonyl (C=O) groups excluding carboxylic acids is 1. The highest BCUT2D eigenvalue weighted by Gasteiger charge is 2.16. The molecule has 1 aliphatic carbocycles. The van der Waals surface area contributed by atoms with Crippen LogP contribution in [0, 0.1) is 11.8 Å². The molecule has 0 amide bonds. The van der Waals surface area contributed by atoms with Gasteiger partial charge in [0, 0.05) is 5.92 Å². The van der Waals surface area contributed by atoms with E-state index in [-0.39, 0.29) is 0 Å². The smallest absolute Gasteiger partial charge is 0.123 e. The van der Waals surface area contributed by atoms with Crippen LogP contribution in [-0.4, -0.2) is 6.29 Å². The molecule has 56 valence electrons. The van der Waals surface area contributed by atoms with E-state index in [1.54, 1.807) is 0 Å². The normalized spacial score (nSPS) is 33.2. The van der Waals surface area contributed by atoms with Crippen LogP contribution in [0.5, 0.6) is 0 Å². The predicted molar refractivity (Wildman–Crippen MR) is 41.7 cm³/mol. The molecule has 0 aromatic rings. The molecule has 1 nitrogen and oxygen atoms in total. The molecule has 0 radical (unpaired) electrons. The summed E-state index contributed by atoms with van der Waals surface area (Å²) in [5, 5.41) is 0. The molecule has 1 aliphatic rings. The SMILES string of the molecule is CC1=CC(C)CC(C=O)C1. The van der Waals surface area contributed by atoms with E-state index >= 15 is 0 Å². The first kappa shape index (κ1) is 7.52. The van der Waals surface area contributed by atoms with E-state index in [1.807, 2.05) is 0 Å². The van der Waals surface area contributed by atoms with Crippen molar-refractivity contribution in [1.82, 2.24) is 0 Å². The molecule has 10 heavy (non-hydrogen) atoms. The molecule has 0 heterocycles. The maximum Gasteiger partial charge on any atom is 0.123 e. The molecule has 0 aromatic heterocycles. The third kappa shape index (κ3) is 1.69. The maximum atomic E-state index is 10.4. The Bertz CT molecular complexity index is 158. The molecule has 0 N–H and O–H groups in total. The summed E-state index contributed by atoms with van der Waals surface area (Å²) >= 11 is 0. The van der Waals surface area contributed by atoms with Crippen LogP contribution >= 0.6 is 0 Å². The van der Waals surface area contributed by atoms with Crippen LogP contribution < -0.4 is 0 Å². The number of hydrogen-bond acceptors (Lipinski definition) is 1. The van der Waals surface area contributed by atoms with Gasteiger partial charge in [-0.15, -0.1) is 0 Å². The van der Waals surface area contributed by atoms with E-state index in [0.29, 0.717) is 11.8 Å². The van der Waals surface area contributed by atoms with E-state index in [2.05, 4.69) is 19.9 Å². The monoisotopic (exact) mass is 138 g/mol.